The van der Waals surface area contributed by atoms with Crippen LogP contribution < -0.4 is 15.8 Å². The molecule has 0 unspecified atom stereocenters. The maximum atomic E-state index is 12.6. The molecule has 0 spiro atoms. The summed E-state index contributed by atoms with van der Waals surface area (Å²) in [5, 5.41) is 3.74. The van der Waals surface area contributed by atoms with Gasteiger partial charge < -0.3 is 15.8 Å². The van der Waals surface area contributed by atoms with E-state index in [4.69, 9.17) is 10.5 Å². The Morgan fingerprint density at radius 3 is 2.71 bits per heavy atom. The van der Waals surface area contributed by atoms with Gasteiger partial charge in [-0.15, -0.1) is 11.3 Å². The Balaban J connectivity index is 2.01. The molecule has 0 aliphatic carbocycles. The van der Waals surface area contributed by atoms with Crippen LogP contribution >= 0.6 is 11.3 Å². The standard InChI is InChI=1S/C18H19N3O2S/c1-9-10(2)14-15(19)16(24-18(14)20-11(9)3)17(22)21-12-6-5-7-13(8-12)23-4/h5-8H,19H2,1-4H3,(H,21,22). The number of nitrogens with one attached hydrogen (secondary N) is 1. The first-order valence-corrected chi connectivity index (χ1v) is 8.35. The van der Waals surface area contributed by atoms with Crippen LogP contribution in [0.1, 0.15) is 26.5 Å². The minimum atomic E-state index is -0.238. The highest BCUT2D eigenvalue weighted by atomic mass is 32.1. The van der Waals surface area contributed by atoms with Crippen molar-refractivity contribution in [2.24, 2.45) is 0 Å². The molecule has 3 aromatic rings. The normalized spacial score (nSPS) is 10.8. The second-order valence-corrected chi connectivity index (χ2v) is 6.66. The number of nitrogen functional groups attached to an aromatic ring is 1. The molecule has 3 N–H and O–H groups in total. The summed E-state index contributed by atoms with van der Waals surface area (Å²) < 4.78 is 5.17. The molecule has 2 aromatic heterocycles. The summed E-state index contributed by atoms with van der Waals surface area (Å²) in [4.78, 5) is 18.5. The number of nitrogens with two attached hydrogens (primary N) is 1. The van der Waals surface area contributed by atoms with E-state index in [-0.39, 0.29) is 5.91 Å². The number of amides is 1. The number of benzene rings is 1. The zero-order chi connectivity index (χ0) is 17.4. The van der Waals surface area contributed by atoms with Crippen molar-refractivity contribution < 1.29 is 9.53 Å². The van der Waals surface area contributed by atoms with Gasteiger partial charge in [0.1, 0.15) is 15.5 Å². The molecule has 1 aromatic carbocycles. The fourth-order valence-corrected chi connectivity index (χ4v) is 3.72. The number of thiophene rings is 1. The van der Waals surface area contributed by atoms with Gasteiger partial charge in [-0.1, -0.05) is 6.07 Å². The molecule has 0 saturated carbocycles. The van der Waals surface area contributed by atoms with E-state index >= 15 is 0 Å². The molecule has 1 amide bonds. The zero-order valence-corrected chi connectivity index (χ0v) is 14.9. The fraction of sp³-hybridized carbons (Fsp3) is 0.222. The number of fused-ring (bicyclic) bond motifs is 1. The highest BCUT2D eigenvalue weighted by Crippen LogP contribution is 2.36. The molecule has 2 heterocycles. The molecule has 6 heteroatoms. The van der Waals surface area contributed by atoms with E-state index in [9.17, 15) is 4.79 Å². The molecule has 0 saturated heterocycles. The van der Waals surface area contributed by atoms with Gasteiger partial charge in [-0.3, -0.25) is 4.79 Å². The summed E-state index contributed by atoms with van der Waals surface area (Å²) in [5.41, 5.74) is 10.5. The van der Waals surface area contributed by atoms with E-state index in [1.54, 1.807) is 13.2 Å². The van der Waals surface area contributed by atoms with Gasteiger partial charge in [0.25, 0.3) is 5.91 Å². The Morgan fingerprint density at radius 1 is 1.25 bits per heavy atom. The maximum absolute atomic E-state index is 12.6. The number of carbonyl (C=O) groups is 1. The predicted molar refractivity (Wildman–Crippen MR) is 99.2 cm³/mol. The first kappa shape index (κ1) is 16.3. The third kappa shape index (κ3) is 2.69. The van der Waals surface area contributed by atoms with E-state index in [0.29, 0.717) is 22.0 Å². The van der Waals surface area contributed by atoms with Crippen molar-refractivity contribution in [2.75, 3.05) is 18.2 Å². The first-order valence-electron chi connectivity index (χ1n) is 7.53. The van der Waals surface area contributed by atoms with Gasteiger partial charge in [0, 0.05) is 22.8 Å². The van der Waals surface area contributed by atoms with Crippen molar-refractivity contribution in [3.05, 3.63) is 46.0 Å². The summed E-state index contributed by atoms with van der Waals surface area (Å²) in [7, 11) is 1.59. The summed E-state index contributed by atoms with van der Waals surface area (Å²) in [5.74, 6) is 0.444. The number of aryl methyl sites for hydroxylation is 2. The van der Waals surface area contributed by atoms with Crippen LogP contribution in [-0.2, 0) is 0 Å². The van der Waals surface area contributed by atoms with Crippen molar-refractivity contribution in [3.63, 3.8) is 0 Å². The van der Waals surface area contributed by atoms with Crippen LogP contribution in [0.5, 0.6) is 5.75 Å². The van der Waals surface area contributed by atoms with Crippen LogP contribution in [0.3, 0.4) is 0 Å². The van der Waals surface area contributed by atoms with Gasteiger partial charge in [-0.2, -0.15) is 0 Å². The molecule has 24 heavy (non-hydrogen) atoms. The highest BCUT2D eigenvalue weighted by Gasteiger charge is 2.20. The van der Waals surface area contributed by atoms with Crippen molar-refractivity contribution in [1.29, 1.82) is 0 Å². The molecule has 0 fully saturated rings. The largest absolute Gasteiger partial charge is 0.497 e. The number of anilines is 2. The lowest BCUT2D eigenvalue weighted by molar-refractivity contribution is 0.103. The average Bonchev–Trinajstić information content (AvgIpc) is 2.89. The Kier molecular flexibility index (Phi) is 4.15. The van der Waals surface area contributed by atoms with Crippen LogP contribution in [0.4, 0.5) is 11.4 Å². The monoisotopic (exact) mass is 341 g/mol. The Labute approximate surface area is 144 Å². The smallest absolute Gasteiger partial charge is 0.267 e. The molecule has 0 aliphatic rings. The molecule has 0 aliphatic heterocycles. The SMILES string of the molecule is COc1cccc(NC(=O)c2sc3nc(C)c(C)c(C)c3c2N)c1. The summed E-state index contributed by atoms with van der Waals surface area (Å²) >= 11 is 1.32. The summed E-state index contributed by atoms with van der Waals surface area (Å²) in [6.45, 7) is 6.00. The second kappa shape index (κ2) is 6.13. The van der Waals surface area contributed by atoms with Crippen LogP contribution in [0.2, 0.25) is 0 Å². The molecule has 0 bridgehead atoms. The molecular formula is C18H19N3O2S. The van der Waals surface area contributed by atoms with E-state index < -0.39 is 0 Å². The number of rotatable bonds is 3. The van der Waals surface area contributed by atoms with Gasteiger partial charge in [0.2, 0.25) is 0 Å². The minimum Gasteiger partial charge on any atom is -0.497 e. The van der Waals surface area contributed by atoms with E-state index in [0.717, 1.165) is 27.0 Å². The van der Waals surface area contributed by atoms with Crippen LogP contribution in [-0.4, -0.2) is 18.0 Å². The number of aromatic nitrogens is 1. The van der Waals surface area contributed by atoms with Gasteiger partial charge in [-0.25, -0.2) is 4.98 Å². The molecule has 0 atom stereocenters. The third-order valence-corrected chi connectivity index (χ3v) is 5.31. The molecule has 124 valence electrons. The molecule has 5 nitrogen and oxygen atoms in total. The second-order valence-electron chi connectivity index (χ2n) is 5.66. The Hall–Kier alpha value is -2.60. The Morgan fingerprint density at radius 2 is 2.00 bits per heavy atom. The number of pyridine rings is 1. The molecule has 3 rings (SSSR count). The van der Waals surface area contributed by atoms with Crippen molar-refractivity contribution in [1.82, 2.24) is 4.98 Å². The zero-order valence-electron chi connectivity index (χ0n) is 14.1. The highest BCUT2D eigenvalue weighted by molar-refractivity contribution is 7.21. The van der Waals surface area contributed by atoms with Gasteiger partial charge in [0.15, 0.2) is 0 Å². The number of hydrogen-bond donors (Lipinski definition) is 2. The van der Waals surface area contributed by atoms with Crippen molar-refractivity contribution in [2.45, 2.75) is 20.8 Å². The number of hydrogen-bond acceptors (Lipinski definition) is 5. The lowest BCUT2D eigenvalue weighted by Gasteiger charge is -2.07. The van der Waals surface area contributed by atoms with Gasteiger partial charge in [-0.05, 0) is 44.0 Å². The summed E-state index contributed by atoms with van der Waals surface area (Å²) in [6.07, 6.45) is 0. The van der Waals surface area contributed by atoms with Crippen molar-refractivity contribution >= 4 is 38.8 Å². The number of methoxy groups -OCH3 is 1. The van der Waals surface area contributed by atoms with Crippen LogP contribution in [0, 0.1) is 20.8 Å². The lowest BCUT2D eigenvalue weighted by Crippen LogP contribution is -2.12. The summed E-state index contributed by atoms with van der Waals surface area (Å²) in [6, 6.07) is 7.21. The predicted octanol–water partition coefficient (Wildman–Crippen LogP) is 4.06. The topological polar surface area (TPSA) is 77.2 Å². The van der Waals surface area contributed by atoms with Crippen LogP contribution in [0.25, 0.3) is 10.2 Å². The van der Waals surface area contributed by atoms with Crippen molar-refractivity contribution in [3.8, 4) is 5.75 Å². The molecule has 0 radical (unpaired) electrons. The minimum absolute atomic E-state index is 0.238. The molecular weight excluding hydrogens is 322 g/mol. The average molecular weight is 341 g/mol. The van der Waals surface area contributed by atoms with E-state index in [1.807, 2.05) is 39.0 Å². The lowest BCUT2D eigenvalue weighted by atomic mass is 10.1. The Bertz CT molecular complexity index is 947. The van der Waals surface area contributed by atoms with E-state index in [1.165, 1.54) is 11.3 Å². The van der Waals surface area contributed by atoms with Gasteiger partial charge >= 0.3 is 0 Å². The van der Waals surface area contributed by atoms with Crippen LogP contribution in [0.15, 0.2) is 24.3 Å². The van der Waals surface area contributed by atoms with E-state index in [2.05, 4.69) is 10.3 Å². The fourth-order valence-electron chi connectivity index (χ4n) is 2.62. The quantitative estimate of drug-likeness (QED) is 0.753. The number of nitrogens with zero attached hydrogens (tertiary/aromatic N) is 1. The first-order chi connectivity index (χ1) is 11.4. The number of ether oxygens (including phenoxy) is 1. The number of carbonyl (C=O) groups excluding carboxylic acids is 1. The maximum Gasteiger partial charge on any atom is 0.267 e. The third-order valence-electron chi connectivity index (χ3n) is 4.21. The van der Waals surface area contributed by atoms with Gasteiger partial charge in [0.05, 0.1) is 12.8 Å².